The molecule has 0 radical (unpaired) electrons. The molecule has 0 aliphatic rings. The molecule has 2 N–H and O–H groups in total. The van der Waals surface area contributed by atoms with Crippen LogP contribution in [0, 0.1) is 0 Å². The van der Waals surface area contributed by atoms with Gasteiger partial charge in [0.2, 0.25) is 0 Å². The van der Waals surface area contributed by atoms with E-state index in [2.05, 4.69) is 4.74 Å². The van der Waals surface area contributed by atoms with Crippen LogP contribution in [0.4, 0.5) is 0 Å². The van der Waals surface area contributed by atoms with E-state index in [1.807, 2.05) is 6.92 Å². The van der Waals surface area contributed by atoms with E-state index in [1.165, 1.54) is 6.92 Å². The third-order valence-electron chi connectivity index (χ3n) is 1.36. The van der Waals surface area contributed by atoms with Crippen LogP contribution in [0.15, 0.2) is 0 Å². The summed E-state index contributed by atoms with van der Waals surface area (Å²) in [5.74, 6) is -1.88. The first kappa shape index (κ1) is 12.4. The second-order valence-corrected chi connectivity index (χ2v) is 3.68. The number of esters is 1. The van der Waals surface area contributed by atoms with Crippen molar-refractivity contribution in [1.29, 1.82) is 0 Å². The quantitative estimate of drug-likeness (QED) is 0.238. The number of hydrogen-bond acceptors (Lipinski definition) is 4. The van der Waals surface area contributed by atoms with Gasteiger partial charge in [0.15, 0.2) is 5.00 Å². The Balaban J connectivity index is 3.92. The normalized spacial score (nSPS) is 14.8. The lowest BCUT2D eigenvalue weighted by Gasteiger charge is -2.12. The van der Waals surface area contributed by atoms with Crippen LogP contribution in [-0.2, 0) is 14.3 Å². The first-order chi connectivity index (χ1) is 5.89. The Labute approximate surface area is 82.4 Å². The first-order valence-electron chi connectivity index (χ1n) is 4.09. The van der Waals surface area contributed by atoms with Gasteiger partial charge in [-0.2, -0.15) is 0 Å². The van der Waals surface area contributed by atoms with Crippen LogP contribution >= 0.6 is 11.6 Å². The minimum Gasteiger partial charge on any atom is -0.460 e. The van der Waals surface area contributed by atoms with Crippen molar-refractivity contribution in [2.75, 3.05) is 6.61 Å². The van der Waals surface area contributed by atoms with Crippen LogP contribution in [-0.4, -0.2) is 23.4 Å². The fourth-order valence-electron chi connectivity index (χ4n) is 0.574. The molecule has 0 rings (SSSR count). The predicted octanol–water partition coefficient (Wildman–Crippen LogP) is 0.812. The molecular weight excluding hydrogens is 194 g/mol. The van der Waals surface area contributed by atoms with E-state index in [0.29, 0.717) is 0 Å². The number of carbonyl (C=O) groups is 2. The molecule has 0 spiro atoms. The molecule has 0 aliphatic heterocycles. The molecule has 0 fully saturated rings. The molecule has 0 aromatic rings. The number of alkyl halides is 1. The van der Waals surface area contributed by atoms with Crippen molar-refractivity contribution >= 4 is 23.4 Å². The SMILES string of the molecule is CCCCOC(=O)C(=O)C(C)(N)Cl. The summed E-state index contributed by atoms with van der Waals surface area (Å²) in [4.78, 5) is 20.3. The van der Waals surface area contributed by atoms with Crippen molar-refractivity contribution in [3.8, 4) is 0 Å². The van der Waals surface area contributed by atoms with E-state index in [-0.39, 0.29) is 6.61 Å². The highest BCUT2D eigenvalue weighted by atomic mass is 35.5. The highest BCUT2D eigenvalue weighted by molar-refractivity contribution is 6.50. The Morgan fingerprint density at radius 2 is 2.08 bits per heavy atom. The minimum absolute atomic E-state index is 0.230. The Hall–Kier alpha value is -0.610. The van der Waals surface area contributed by atoms with Crippen LogP contribution < -0.4 is 5.73 Å². The summed E-state index contributed by atoms with van der Waals surface area (Å²) in [6.07, 6.45) is 1.62. The number of Topliss-reactive ketones (excluding diaryl/α,β-unsaturated/α-hetero) is 1. The highest BCUT2D eigenvalue weighted by Crippen LogP contribution is 2.07. The smallest absolute Gasteiger partial charge is 0.377 e. The summed E-state index contributed by atoms with van der Waals surface area (Å²) >= 11 is 5.42. The molecule has 5 heteroatoms. The molecule has 1 unspecified atom stereocenters. The lowest BCUT2D eigenvalue weighted by Crippen LogP contribution is -2.44. The topological polar surface area (TPSA) is 69.4 Å². The van der Waals surface area contributed by atoms with Crippen molar-refractivity contribution in [2.24, 2.45) is 5.73 Å². The summed E-state index contributed by atoms with van der Waals surface area (Å²) in [7, 11) is 0. The zero-order chi connectivity index (χ0) is 10.5. The predicted molar refractivity (Wildman–Crippen MR) is 49.3 cm³/mol. The van der Waals surface area contributed by atoms with Crippen LogP contribution in [0.1, 0.15) is 26.7 Å². The molecule has 0 bridgehead atoms. The van der Waals surface area contributed by atoms with Crippen molar-refractivity contribution in [1.82, 2.24) is 0 Å². The fraction of sp³-hybridized carbons (Fsp3) is 0.750. The molecule has 76 valence electrons. The number of ketones is 1. The van der Waals surface area contributed by atoms with Gasteiger partial charge in [-0.3, -0.25) is 4.79 Å². The number of nitrogens with two attached hydrogens (primary N) is 1. The molecule has 0 amide bonds. The van der Waals surface area contributed by atoms with Gasteiger partial charge >= 0.3 is 5.97 Å². The van der Waals surface area contributed by atoms with Crippen LogP contribution in [0.25, 0.3) is 0 Å². The number of hydrogen-bond donors (Lipinski definition) is 1. The van der Waals surface area contributed by atoms with Crippen molar-refractivity contribution in [3.63, 3.8) is 0 Å². The highest BCUT2D eigenvalue weighted by Gasteiger charge is 2.32. The number of rotatable bonds is 5. The molecule has 0 heterocycles. The third kappa shape index (κ3) is 4.85. The molecule has 0 aromatic carbocycles. The molecule has 0 aromatic heterocycles. The molecule has 4 nitrogen and oxygen atoms in total. The Kier molecular flexibility index (Phi) is 4.95. The van der Waals surface area contributed by atoms with Gasteiger partial charge in [0.05, 0.1) is 6.61 Å². The summed E-state index contributed by atoms with van der Waals surface area (Å²) in [5.41, 5.74) is 5.20. The van der Waals surface area contributed by atoms with E-state index in [0.717, 1.165) is 12.8 Å². The van der Waals surface area contributed by atoms with Gasteiger partial charge in [0.1, 0.15) is 0 Å². The molecule has 13 heavy (non-hydrogen) atoms. The van der Waals surface area contributed by atoms with Gasteiger partial charge in [0.25, 0.3) is 5.78 Å². The lowest BCUT2D eigenvalue weighted by molar-refractivity contribution is -0.154. The van der Waals surface area contributed by atoms with E-state index < -0.39 is 16.8 Å². The van der Waals surface area contributed by atoms with Gasteiger partial charge < -0.3 is 10.5 Å². The van der Waals surface area contributed by atoms with Crippen molar-refractivity contribution in [2.45, 2.75) is 31.7 Å². The van der Waals surface area contributed by atoms with Gasteiger partial charge in [-0.05, 0) is 13.3 Å². The average molecular weight is 208 g/mol. The lowest BCUT2D eigenvalue weighted by atomic mass is 10.2. The maximum Gasteiger partial charge on any atom is 0.377 e. The fourth-order valence-corrected chi connectivity index (χ4v) is 0.651. The maximum absolute atomic E-state index is 11.0. The van der Waals surface area contributed by atoms with E-state index in [4.69, 9.17) is 17.3 Å². The number of ether oxygens (including phenoxy) is 1. The van der Waals surface area contributed by atoms with E-state index in [1.54, 1.807) is 0 Å². The van der Waals surface area contributed by atoms with Gasteiger partial charge in [-0.1, -0.05) is 24.9 Å². The molecule has 1 atom stereocenters. The molecule has 0 saturated carbocycles. The Morgan fingerprint density at radius 1 is 1.54 bits per heavy atom. The summed E-state index contributed by atoms with van der Waals surface area (Å²) in [5, 5.41) is 0. The minimum atomic E-state index is -1.66. The van der Waals surface area contributed by atoms with Crippen LogP contribution in [0.2, 0.25) is 0 Å². The Bertz CT molecular complexity index is 198. The second-order valence-electron chi connectivity index (χ2n) is 2.89. The average Bonchev–Trinajstić information content (AvgIpc) is 2.01. The molecule has 0 saturated heterocycles. The number of unbranched alkanes of at least 4 members (excludes halogenated alkanes) is 1. The van der Waals surface area contributed by atoms with Crippen LogP contribution in [0.3, 0.4) is 0 Å². The number of carbonyl (C=O) groups excluding carboxylic acids is 2. The molecular formula is C8H14ClNO3. The zero-order valence-corrected chi connectivity index (χ0v) is 8.56. The largest absolute Gasteiger partial charge is 0.460 e. The van der Waals surface area contributed by atoms with Gasteiger partial charge in [-0.25, -0.2) is 4.79 Å². The number of halogens is 1. The molecule has 0 aliphatic carbocycles. The zero-order valence-electron chi connectivity index (χ0n) is 7.80. The third-order valence-corrected chi connectivity index (χ3v) is 1.53. The first-order valence-corrected chi connectivity index (χ1v) is 4.46. The van der Waals surface area contributed by atoms with E-state index in [9.17, 15) is 9.59 Å². The van der Waals surface area contributed by atoms with Crippen molar-refractivity contribution in [3.05, 3.63) is 0 Å². The monoisotopic (exact) mass is 207 g/mol. The summed E-state index contributed by atoms with van der Waals surface area (Å²) in [6, 6.07) is 0. The summed E-state index contributed by atoms with van der Waals surface area (Å²) in [6.45, 7) is 3.43. The summed E-state index contributed by atoms with van der Waals surface area (Å²) < 4.78 is 4.62. The maximum atomic E-state index is 11.0. The van der Waals surface area contributed by atoms with Crippen molar-refractivity contribution < 1.29 is 14.3 Å². The van der Waals surface area contributed by atoms with Gasteiger partial charge in [-0.15, -0.1) is 0 Å². The second kappa shape index (κ2) is 5.19. The standard InChI is InChI=1S/C8H14ClNO3/c1-3-4-5-13-7(12)6(11)8(2,9)10/h3-5,10H2,1-2H3. The van der Waals surface area contributed by atoms with Crippen LogP contribution in [0.5, 0.6) is 0 Å². The van der Waals surface area contributed by atoms with Gasteiger partial charge in [0, 0.05) is 0 Å². The Morgan fingerprint density at radius 3 is 2.46 bits per heavy atom. The van der Waals surface area contributed by atoms with E-state index >= 15 is 0 Å².